The molecule has 0 spiro atoms. The van der Waals surface area contributed by atoms with Crippen LogP contribution < -0.4 is 10.6 Å². The SMILES string of the molecule is CCOC(=O)C1=C(COC(=O)c2ccc(C#N)cc2)NC(=O)N[C@@H]1c1ccc(Cl)cc1. The van der Waals surface area contributed by atoms with Crippen molar-refractivity contribution < 1.29 is 23.9 Å². The number of esters is 2. The topological polar surface area (TPSA) is 118 Å². The summed E-state index contributed by atoms with van der Waals surface area (Å²) < 4.78 is 10.5. The maximum absolute atomic E-state index is 12.7. The molecule has 0 aliphatic carbocycles. The van der Waals surface area contributed by atoms with Crippen LogP contribution in [0.5, 0.6) is 0 Å². The van der Waals surface area contributed by atoms with Crippen LogP contribution in [0.15, 0.2) is 59.8 Å². The van der Waals surface area contributed by atoms with E-state index in [9.17, 15) is 14.4 Å². The third-order valence-electron chi connectivity index (χ3n) is 4.45. The van der Waals surface area contributed by atoms with E-state index in [0.717, 1.165) is 0 Å². The highest BCUT2D eigenvalue weighted by Gasteiger charge is 2.34. The summed E-state index contributed by atoms with van der Waals surface area (Å²) in [5, 5.41) is 14.6. The lowest BCUT2D eigenvalue weighted by Gasteiger charge is -2.29. The molecule has 2 aromatic rings. The van der Waals surface area contributed by atoms with Crippen molar-refractivity contribution >= 4 is 29.6 Å². The predicted molar refractivity (Wildman–Crippen MR) is 111 cm³/mol. The average molecular weight is 440 g/mol. The molecule has 9 heteroatoms. The molecule has 0 bridgehead atoms. The fraction of sp³-hybridized carbons (Fsp3) is 0.182. The van der Waals surface area contributed by atoms with Crippen LogP contribution in [0.4, 0.5) is 4.79 Å². The van der Waals surface area contributed by atoms with Crippen LogP contribution in [-0.2, 0) is 14.3 Å². The average Bonchev–Trinajstić information content (AvgIpc) is 2.77. The van der Waals surface area contributed by atoms with Gasteiger partial charge in [0, 0.05) is 5.02 Å². The summed E-state index contributed by atoms with van der Waals surface area (Å²) in [7, 11) is 0. The van der Waals surface area contributed by atoms with Crippen molar-refractivity contribution in [3.8, 4) is 6.07 Å². The first-order chi connectivity index (χ1) is 14.9. The van der Waals surface area contributed by atoms with Crippen LogP contribution in [0.3, 0.4) is 0 Å². The molecule has 1 aliphatic heterocycles. The smallest absolute Gasteiger partial charge is 0.338 e. The van der Waals surface area contributed by atoms with E-state index in [0.29, 0.717) is 16.1 Å². The fourth-order valence-electron chi connectivity index (χ4n) is 2.99. The van der Waals surface area contributed by atoms with Gasteiger partial charge >= 0.3 is 18.0 Å². The van der Waals surface area contributed by atoms with E-state index in [2.05, 4.69) is 10.6 Å². The highest BCUT2D eigenvalue weighted by molar-refractivity contribution is 6.30. The van der Waals surface area contributed by atoms with Gasteiger partial charge in [-0.3, -0.25) is 0 Å². The van der Waals surface area contributed by atoms with Crippen LogP contribution in [0.25, 0.3) is 0 Å². The number of hydrogen-bond donors (Lipinski definition) is 2. The van der Waals surface area contributed by atoms with Crippen LogP contribution >= 0.6 is 11.6 Å². The maximum Gasteiger partial charge on any atom is 0.338 e. The Morgan fingerprint density at radius 3 is 2.35 bits per heavy atom. The minimum atomic E-state index is -0.811. The van der Waals surface area contributed by atoms with Crippen molar-refractivity contribution in [1.82, 2.24) is 10.6 Å². The molecule has 1 atom stereocenters. The zero-order valence-corrected chi connectivity index (χ0v) is 17.2. The number of carbonyl (C=O) groups excluding carboxylic acids is 3. The Bertz CT molecular complexity index is 1070. The molecule has 0 radical (unpaired) electrons. The van der Waals surface area contributed by atoms with Gasteiger partial charge in [0.1, 0.15) is 6.61 Å². The molecule has 8 nitrogen and oxygen atoms in total. The summed E-state index contributed by atoms with van der Waals surface area (Å²) in [6.07, 6.45) is 0. The maximum atomic E-state index is 12.7. The summed E-state index contributed by atoms with van der Waals surface area (Å²) >= 11 is 5.94. The van der Waals surface area contributed by atoms with Gasteiger partial charge in [0.25, 0.3) is 0 Å². The number of halogens is 1. The molecule has 31 heavy (non-hydrogen) atoms. The van der Waals surface area contributed by atoms with E-state index in [1.165, 1.54) is 24.3 Å². The zero-order chi connectivity index (χ0) is 22.4. The molecule has 1 heterocycles. The summed E-state index contributed by atoms with van der Waals surface area (Å²) in [5.41, 5.74) is 1.48. The Morgan fingerprint density at radius 1 is 1.06 bits per heavy atom. The lowest BCUT2D eigenvalue weighted by molar-refractivity contribution is -0.139. The van der Waals surface area contributed by atoms with Crippen LogP contribution in [0.1, 0.15) is 34.5 Å². The second kappa shape index (κ2) is 9.78. The molecule has 2 N–H and O–H groups in total. The fourth-order valence-corrected chi connectivity index (χ4v) is 3.11. The Balaban J connectivity index is 1.90. The summed E-state index contributed by atoms with van der Waals surface area (Å²) in [6, 6.07) is 13.1. The van der Waals surface area contributed by atoms with Gasteiger partial charge in [0.05, 0.1) is 41.1 Å². The lowest BCUT2D eigenvalue weighted by atomic mass is 9.95. The van der Waals surface area contributed by atoms with E-state index < -0.39 is 24.0 Å². The highest BCUT2D eigenvalue weighted by atomic mass is 35.5. The van der Waals surface area contributed by atoms with Crippen molar-refractivity contribution in [2.24, 2.45) is 0 Å². The number of benzene rings is 2. The number of nitrogens with one attached hydrogen (secondary N) is 2. The van der Waals surface area contributed by atoms with Crippen molar-refractivity contribution in [1.29, 1.82) is 5.26 Å². The first-order valence-corrected chi connectivity index (χ1v) is 9.71. The molecular weight excluding hydrogens is 422 g/mol. The monoisotopic (exact) mass is 439 g/mol. The standard InChI is InChI=1S/C22H18ClN3O5/c1-2-30-21(28)18-17(12-31-20(27)15-5-3-13(11-24)4-6-15)25-22(29)26-19(18)14-7-9-16(23)10-8-14/h3-10,19H,2,12H2,1H3,(H2,25,26,29)/t19-/m1/s1. The molecule has 2 aromatic carbocycles. The molecule has 2 amide bonds. The Kier molecular flexibility index (Phi) is 6.90. The number of nitriles is 1. The zero-order valence-electron chi connectivity index (χ0n) is 16.5. The molecule has 0 unspecified atom stereocenters. The molecular formula is C22H18ClN3O5. The summed E-state index contributed by atoms with van der Waals surface area (Å²) in [4.78, 5) is 37.3. The summed E-state index contributed by atoms with van der Waals surface area (Å²) in [5.74, 6) is -1.32. The van der Waals surface area contributed by atoms with Gasteiger partial charge in [-0.2, -0.15) is 5.26 Å². The Morgan fingerprint density at radius 2 is 1.74 bits per heavy atom. The number of nitrogens with zero attached hydrogens (tertiary/aromatic N) is 1. The molecule has 3 rings (SSSR count). The number of ether oxygens (including phenoxy) is 2. The van der Waals surface area contributed by atoms with Gasteiger partial charge < -0.3 is 20.1 Å². The quantitative estimate of drug-likeness (QED) is 0.667. The van der Waals surface area contributed by atoms with E-state index in [1.807, 2.05) is 6.07 Å². The highest BCUT2D eigenvalue weighted by Crippen LogP contribution is 2.29. The van der Waals surface area contributed by atoms with Crippen LogP contribution in [-0.4, -0.2) is 31.2 Å². The van der Waals surface area contributed by atoms with Crippen LogP contribution in [0.2, 0.25) is 5.02 Å². The molecule has 158 valence electrons. The second-order valence-electron chi connectivity index (χ2n) is 6.46. The van der Waals surface area contributed by atoms with E-state index in [-0.39, 0.29) is 30.0 Å². The minimum Gasteiger partial charge on any atom is -0.463 e. The van der Waals surface area contributed by atoms with Gasteiger partial charge in [-0.15, -0.1) is 0 Å². The summed E-state index contributed by atoms with van der Waals surface area (Å²) in [6.45, 7) is 1.43. The van der Waals surface area contributed by atoms with Crippen LogP contribution in [0, 0.1) is 11.3 Å². The van der Waals surface area contributed by atoms with Gasteiger partial charge in [0.2, 0.25) is 0 Å². The molecule has 1 aliphatic rings. The van der Waals surface area contributed by atoms with Crippen molar-refractivity contribution in [3.63, 3.8) is 0 Å². The third-order valence-corrected chi connectivity index (χ3v) is 4.70. The number of hydrogen-bond acceptors (Lipinski definition) is 6. The van der Waals surface area contributed by atoms with E-state index in [1.54, 1.807) is 31.2 Å². The van der Waals surface area contributed by atoms with Gasteiger partial charge in [-0.25, -0.2) is 14.4 Å². The number of urea groups is 1. The third kappa shape index (κ3) is 5.21. The molecule has 0 aromatic heterocycles. The van der Waals surface area contributed by atoms with Gasteiger partial charge in [-0.1, -0.05) is 23.7 Å². The van der Waals surface area contributed by atoms with E-state index >= 15 is 0 Å². The van der Waals surface area contributed by atoms with Crippen molar-refractivity contribution in [3.05, 3.63) is 81.5 Å². The largest absolute Gasteiger partial charge is 0.463 e. The molecule has 0 saturated heterocycles. The number of carbonyl (C=O) groups is 3. The number of amides is 2. The lowest BCUT2D eigenvalue weighted by Crippen LogP contribution is -2.47. The van der Waals surface area contributed by atoms with Gasteiger partial charge in [-0.05, 0) is 48.9 Å². The first-order valence-electron chi connectivity index (χ1n) is 9.33. The molecule has 0 fully saturated rings. The Hall–Kier alpha value is -3.83. The van der Waals surface area contributed by atoms with Gasteiger partial charge in [0.15, 0.2) is 0 Å². The van der Waals surface area contributed by atoms with Crippen molar-refractivity contribution in [2.75, 3.05) is 13.2 Å². The normalized spacial score (nSPS) is 15.4. The second-order valence-corrected chi connectivity index (χ2v) is 6.90. The minimum absolute atomic E-state index is 0.115. The van der Waals surface area contributed by atoms with E-state index in [4.69, 9.17) is 26.3 Å². The predicted octanol–water partition coefficient (Wildman–Crippen LogP) is 3.24. The van der Waals surface area contributed by atoms with Crippen molar-refractivity contribution in [2.45, 2.75) is 13.0 Å². The Labute approximate surface area is 183 Å². The number of rotatable bonds is 6. The molecule has 0 saturated carbocycles. The first kappa shape index (κ1) is 21.9.